The molecule has 5 heteroatoms. The molecule has 1 saturated carbocycles. The lowest BCUT2D eigenvalue weighted by Crippen LogP contribution is -2.28. The number of amidine groups is 1. The minimum absolute atomic E-state index is 0.403. The van der Waals surface area contributed by atoms with Crippen molar-refractivity contribution in [2.24, 2.45) is 16.6 Å². The second-order valence-electron chi connectivity index (χ2n) is 7.24. The van der Waals surface area contributed by atoms with Crippen LogP contribution in [-0.4, -0.2) is 12.4 Å². The molecule has 0 amide bonds. The van der Waals surface area contributed by atoms with Crippen LogP contribution in [0.2, 0.25) is 10.0 Å². The fourth-order valence-corrected chi connectivity index (χ4v) is 4.66. The quantitative estimate of drug-likeness (QED) is 0.691. The Balaban J connectivity index is 1.43. The largest absolute Gasteiger partial charge is 0.387 e. The van der Waals surface area contributed by atoms with Gasteiger partial charge in [0.05, 0.1) is 5.69 Å². The number of hydrogen-bond donors (Lipinski definition) is 2. The van der Waals surface area contributed by atoms with Crippen LogP contribution in [0.1, 0.15) is 41.9 Å². The first-order chi connectivity index (χ1) is 12.6. The van der Waals surface area contributed by atoms with E-state index in [9.17, 15) is 0 Å². The molecular formula is C21H23Cl2N3. The van der Waals surface area contributed by atoms with Crippen molar-refractivity contribution in [3.8, 4) is 0 Å². The number of fused-ring (bicyclic) bond motifs is 3. The van der Waals surface area contributed by atoms with Gasteiger partial charge in [0.2, 0.25) is 0 Å². The number of nitrogens with one attached hydrogen (secondary N) is 1. The van der Waals surface area contributed by atoms with Gasteiger partial charge in [-0.05, 0) is 72.7 Å². The summed E-state index contributed by atoms with van der Waals surface area (Å²) in [4.78, 5) is 4.67. The van der Waals surface area contributed by atoms with Crippen molar-refractivity contribution in [2.75, 3.05) is 6.54 Å². The van der Waals surface area contributed by atoms with Crippen LogP contribution in [0.15, 0.2) is 41.4 Å². The van der Waals surface area contributed by atoms with Crippen molar-refractivity contribution in [1.82, 2.24) is 5.32 Å². The van der Waals surface area contributed by atoms with Crippen molar-refractivity contribution in [2.45, 2.75) is 38.1 Å². The predicted octanol–water partition coefficient (Wildman–Crippen LogP) is 5.21. The molecule has 1 aliphatic heterocycles. The molecule has 3 N–H and O–H groups in total. The first-order valence-electron chi connectivity index (χ1n) is 9.23. The van der Waals surface area contributed by atoms with Crippen LogP contribution < -0.4 is 11.1 Å². The Morgan fingerprint density at radius 2 is 1.96 bits per heavy atom. The van der Waals surface area contributed by atoms with Gasteiger partial charge in [-0.1, -0.05) is 41.8 Å². The minimum atomic E-state index is 0.403. The van der Waals surface area contributed by atoms with E-state index in [0.29, 0.717) is 11.8 Å². The summed E-state index contributed by atoms with van der Waals surface area (Å²) in [6.07, 6.45) is 4.47. The van der Waals surface area contributed by atoms with E-state index in [4.69, 9.17) is 28.9 Å². The van der Waals surface area contributed by atoms with Gasteiger partial charge in [-0.2, -0.15) is 0 Å². The van der Waals surface area contributed by atoms with E-state index in [1.807, 2.05) is 18.2 Å². The highest BCUT2D eigenvalue weighted by Gasteiger charge is 2.36. The molecule has 136 valence electrons. The molecule has 1 fully saturated rings. The highest BCUT2D eigenvalue weighted by Crippen LogP contribution is 2.47. The standard InChI is InChI=1S/C21H23Cl2N3/c22-15-4-1-3-13(9-15)7-8-25-12-14-10-20-18(11-19(14)23)16-5-2-6-17(16)21(24)26-20/h1,3-4,9-11,16-17,25H,2,5-8,12H2,(H2,24,26)/t16-,17+/m0/s1. The fourth-order valence-electron chi connectivity index (χ4n) is 4.21. The Morgan fingerprint density at radius 3 is 2.81 bits per heavy atom. The van der Waals surface area contributed by atoms with Gasteiger partial charge < -0.3 is 11.1 Å². The van der Waals surface area contributed by atoms with Crippen molar-refractivity contribution < 1.29 is 0 Å². The van der Waals surface area contributed by atoms with Crippen molar-refractivity contribution in [1.29, 1.82) is 0 Å². The summed E-state index contributed by atoms with van der Waals surface area (Å²) in [6.45, 7) is 1.58. The minimum Gasteiger partial charge on any atom is -0.387 e. The highest BCUT2D eigenvalue weighted by atomic mass is 35.5. The van der Waals surface area contributed by atoms with Gasteiger partial charge in [-0.3, -0.25) is 0 Å². The molecule has 2 aliphatic rings. The molecule has 26 heavy (non-hydrogen) atoms. The molecule has 0 bridgehead atoms. The molecule has 2 atom stereocenters. The summed E-state index contributed by atoms with van der Waals surface area (Å²) < 4.78 is 0. The van der Waals surface area contributed by atoms with E-state index in [1.54, 1.807) is 0 Å². The van der Waals surface area contributed by atoms with Crippen LogP contribution in [0.4, 0.5) is 5.69 Å². The topological polar surface area (TPSA) is 50.4 Å². The zero-order valence-electron chi connectivity index (χ0n) is 14.6. The monoisotopic (exact) mass is 387 g/mol. The van der Waals surface area contributed by atoms with Gasteiger partial charge in [0.15, 0.2) is 0 Å². The second-order valence-corrected chi connectivity index (χ2v) is 8.08. The molecule has 0 saturated heterocycles. The Labute approximate surface area is 164 Å². The summed E-state index contributed by atoms with van der Waals surface area (Å²) in [5.74, 6) is 1.69. The number of aliphatic imine (C=N–C) groups is 1. The number of halogens is 2. The Bertz CT molecular complexity index is 847. The lowest BCUT2D eigenvalue weighted by Gasteiger charge is -2.27. The Hall–Kier alpha value is -1.55. The maximum Gasteiger partial charge on any atom is 0.103 e. The molecule has 1 heterocycles. The SMILES string of the molecule is NC1=Nc2cc(CNCCc3cccc(Cl)c3)c(Cl)cc2[C@H]2CCC[C@@H]12. The molecule has 0 spiro atoms. The number of nitrogens with two attached hydrogens (primary N) is 1. The molecule has 3 nitrogen and oxygen atoms in total. The third-order valence-electron chi connectivity index (χ3n) is 5.54. The maximum absolute atomic E-state index is 6.57. The third kappa shape index (κ3) is 3.62. The van der Waals surface area contributed by atoms with Crippen LogP contribution in [0, 0.1) is 5.92 Å². The van der Waals surface area contributed by atoms with Crippen molar-refractivity contribution in [3.05, 3.63) is 63.1 Å². The maximum atomic E-state index is 6.57. The molecule has 0 radical (unpaired) electrons. The Morgan fingerprint density at radius 1 is 1.12 bits per heavy atom. The van der Waals surface area contributed by atoms with E-state index in [1.165, 1.54) is 24.0 Å². The molecule has 2 aromatic rings. The summed E-state index contributed by atoms with van der Waals surface area (Å²) in [5.41, 5.74) is 10.8. The van der Waals surface area contributed by atoms with E-state index < -0.39 is 0 Å². The summed E-state index contributed by atoms with van der Waals surface area (Å²) in [6, 6.07) is 12.2. The fraction of sp³-hybridized carbons (Fsp3) is 0.381. The second kappa shape index (κ2) is 7.59. The lowest BCUT2D eigenvalue weighted by molar-refractivity contribution is 0.609. The van der Waals surface area contributed by atoms with Gasteiger partial charge in [-0.25, -0.2) is 4.99 Å². The number of rotatable bonds is 5. The number of nitrogens with zero attached hydrogens (tertiary/aromatic N) is 1. The van der Waals surface area contributed by atoms with E-state index in [2.05, 4.69) is 28.5 Å². The molecule has 0 unspecified atom stereocenters. The summed E-state index contributed by atoms with van der Waals surface area (Å²) >= 11 is 12.6. The van der Waals surface area contributed by atoms with E-state index in [0.717, 1.165) is 53.1 Å². The Kier molecular flexibility index (Phi) is 5.21. The van der Waals surface area contributed by atoms with Crippen LogP contribution in [0.5, 0.6) is 0 Å². The van der Waals surface area contributed by atoms with Gasteiger partial charge in [0.25, 0.3) is 0 Å². The highest BCUT2D eigenvalue weighted by molar-refractivity contribution is 6.31. The van der Waals surface area contributed by atoms with Gasteiger partial charge >= 0.3 is 0 Å². The molecule has 2 aromatic carbocycles. The van der Waals surface area contributed by atoms with E-state index >= 15 is 0 Å². The lowest BCUT2D eigenvalue weighted by atomic mass is 9.84. The molecule has 1 aliphatic carbocycles. The average Bonchev–Trinajstić information content (AvgIpc) is 3.11. The third-order valence-corrected chi connectivity index (χ3v) is 6.12. The normalized spacial score (nSPS) is 21.2. The van der Waals surface area contributed by atoms with Crippen molar-refractivity contribution >= 4 is 34.7 Å². The predicted molar refractivity (Wildman–Crippen MR) is 110 cm³/mol. The zero-order chi connectivity index (χ0) is 18.1. The number of benzene rings is 2. The zero-order valence-corrected chi connectivity index (χ0v) is 16.2. The first-order valence-corrected chi connectivity index (χ1v) is 9.99. The van der Waals surface area contributed by atoms with E-state index in [-0.39, 0.29) is 0 Å². The van der Waals surface area contributed by atoms with Crippen LogP contribution in [0.3, 0.4) is 0 Å². The molecular weight excluding hydrogens is 365 g/mol. The van der Waals surface area contributed by atoms with Crippen molar-refractivity contribution in [3.63, 3.8) is 0 Å². The first kappa shape index (κ1) is 17.8. The van der Waals surface area contributed by atoms with Crippen LogP contribution in [-0.2, 0) is 13.0 Å². The van der Waals surface area contributed by atoms with Gasteiger partial charge in [0, 0.05) is 22.5 Å². The average molecular weight is 388 g/mol. The molecule has 4 rings (SSSR count). The molecule has 0 aromatic heterocycles. The smallest absolute Gasteiger partial charge is 0.103 e. The summed E-state index contributed by atoms with van der Waals surface area (Å²) in [5, 5.41) is 5.07. The van der Waals surface area contributed by atoms with Crippen LogP contribution in [0.25, 0.3) is 0 Å². The van der Waals surface area contributed by atoms with Crippen LogP contribution >= 0.6 is 23.2 Å². The number of hydrogen-bond acceptors (Lipinski definition) is 3. The summed E-state index contributed by atoms with van der Waals surface area (Å²) in [7, 11) is 0. The van der Waals surface area contributed by atoms with Gasteiger partial charge in [-0.15, -0.1) is 0 Å². The van der Waals surface area contributed by atoms with Gasteiger partial charge in [0.1, 0.15) is 5.84 Å².